The highest BCUT2D eigenvalue weighted by Crippen LogP contribution is 2.30. The molecule has 0 bridgehead atoms. The fourth-order valence-electron chi connectivity index (χ4n) is 3.04. The van der Waals surface area contributed by atoms with E-state index in [0.717, 1.165) is 17.7 Å². The molecule has 1 saturated heterocycles. The van der Waals surface area contributed by atoms with Crippen LogP contribution in [0, 0.1) is 5.82 Å². The van der Waals surface area contributed by atoms with E-state index in [1.807, 2.05) is 6.92 Å². The fraction of sp³-hybridized carbons (Fsp3) is 0.375. The molecule has 3 rings (SSSR count). The minimum Gasteiger partial charge on any atom is -0.396 e. The summed E-state index contributed by atoms with van der Waals surface area (Å²) in [4.78, 5) is 14.4. The van der Waals surface area contributed by atoms with E-state index >= 15 is 0 Å². The molecule has 1 aliphatic heterocycles. The average molecular weight is 302 g/mol. The topological polar surface area (TPSA) is 75.0 Å². The molecule has 3 N–H and O–H groups in total. The van der Waals surface area contributed by atoms with Gasteiger partial charge in [0.15, 0.2) is 0 Å². The van der Waals surface area contributed by atoms with Crippen molar-refractivity contribution in [2.24, 2.45) is 0 Å². The lowest BCUT2D eigenvalue weighted by atomic mass is 10.0. The fourth-order valence-corrected chi connectivity index (χ4v) is 3.04. The Kier molecular flexibility index (Phi) is 3.83. The van der Waals surface area contributed by atoms with Gasteiger partial charge in [0, 0.05) is 24.6 Å². The molecular formula is C16H19FN4O. The largest absolute Gasteiger partial charge is 0.396 e. The molecule has 1 unspecified atom stereocenters. The van der Waals surface area contributed by atoms with Crippen LogP contribution in [0.4, 0.5) is 10.1 Å². The molecule has 1 aliphatic rings. The van der Waals surface area contributed by atoms with Crippen LogP contribution in [0.25, 0.3) is 0 Å². The van der Waals surface area contributed by atoms with Crippen molar-refractivity contribution in [3.05, 3.63) is 47.0 Å². The molecule has 5 nitrogen and oxygen atoms in total. The number of benzene rings is 1. The number of likely N-dealkylation sites (tertiary alicyclic amines) is 1. The zero-order chi connectivity index (χ0) is 15.7. The van der Waals surface area contributed by atoms with Crippen LogP contribution < -0.4 is 5.73 Å². The number of anilines is 1. The summed E-state index contributed by atoms with van der Waals surface area (Å²) in [5.74, 6) is -0.337. The minimum absolute atomic E-state index is 0.114. The van der Waals surface area contributed by atoms with Crippen molar-refractivity contribution in [1.82, 2.24) is 15.1 Å². The van der Waals surface area contributed by atoms with Crippen molar-refractivity contribution in [3.63, 3.8) is 0 Å². The standard InChI is InChI=1S/C16H19FN4O/c1-2-10-3-4-12(17)7-13(10)16(22)21-6-5-11(9-21)15-14(18)8-19-20-15/h3-4,7-8,11H,2,5-6,9,18H2,1H3,(H,19,20). The van der Waals surface area contributed by atoms with Crippen LogP contribution in [0.3, 0.4) is 0 Å². The summed E-state index contributed by atoms with van der Waals surface area (Å²) in [6, 6.07) is 4.41. The number of rotatable bonds is 3. The first kappa shape index (κ1) is 14.6. The molecule has 1 aromatic carbocycles. The predicted molar refractivity (Wildman–Crippen MR) is 82.0 cm³/mol. The Hall–Kier alpha value is -2.37. The molecule has 22 heavy (non-hydrogen) atoms. The second kappa shape index (κ2) is 5.79. The zero-order valence-electron chi connectivity index (χ0n) is 12.5. The Labute approximate surface area is 128 Å². The van der Waals surface area contributed by atoms with Crippen molar-refractivity contribution in [2.45, 2.75) is 25.7 Å². The molecule has 2 aromatic rings. The second-order valence-corrected chi connectivity index (χ2v) is 5.63. The molecule has 2 heterocycles. The van der Waals surface area contributed by atoms with Crippen LogP contribution in [-0.2, 0) is 6.42 Å². The summed E-state index contributed by atoms with van der Waals surface area (Å²) < 4.78 is 13.5. The van der Waals surface area contributed by atoms with E-state index < -0.39 is 0 Å². The number of nitrogens with zero attached hydrogens (tertiary/aromatic N) is 2. The molecule has 0 aliphatic carbocycles. The monoisotopic (exact) mass is 302 g/mol. The first-order chi connectivity index (χ1) is 10.6. The number of carbonyl (C=O) groups excluding carboxylic acids is 1. The maximum absolute atomic E-state index is 13.5. The number of hydrogen-bond acceptors (Lipinski definition) is 3. The third-order valence-corrected chi connectivity index (χ3v) is 4.27. The third-order valence-electron chi connectivity index (χ3n) is 4.27. The van der Waals surface area contributed by atoms with Gasteiger partial charge >= 0.3 is 0 Å². The minimum atomic E-state index is -0.380. The van der Waals surface area contributed by atoms with Gasteiger partial charge in [0.05, 0.1) is 17.6 Å². The van der Waals surface area contributed by atoms with Gasteiger partial charge in [-0.05, 0) is 30.5 Å². The highest BCUT2D eigenvalue weighted by Gasteiger charge is 2.30. The molecule has 1 atom stereocenters. The van der Waals surface area contributed by atoms with Crippen LogP contribution in [0.15, 0.2) is 24.4 Å². The van der Waals surface area contributed by atoms with E-state index in [2.05, 4.69) is 10.2 Å². The van der Waals surface area contributed by atoms with Gasteiger partial charge in [0.1, 0.15) is 5.82 Å². The number of aromatic nitrogens is 2. The van der Waals surface area contributed by atoms with Gasteiger partial charge < -0.3 is 10.6 Å². The lowest BCUT2D eigenvalue weighted by Gasteiger charge is -2.18. The van der Waals surface area contributed by atoms with Gasteiger partial charge in [-0.3, -0.25) is 9.89 Å². The highest BCUT2D eigenvalue weighted by molar-refractivity contribution is 5.96. The summed E-state index contributed by atoms with van der Waals surface area (Å²) in [6.07, 6.45) is 3.11. The van der Waals surface area contributed by atoms with E-state index in [0.29, 0.717) is 30.8 Å². The van der Waals surface area contributed by atoms with Crippen LogP contribution in [-0.4, -0.2) is 34.1 Å². The number of nitrogen functional groups attached to an aromatic ring is 1. The molecule has 116 valence electrons. The third kappa shape index (κ3) is 2.56. The number of H-pyrrole nitrogens is 1. The molecule has 0 spiro atoms. The smallest absolute Gasteiger partial charge is 0.254 e. The van der Waals surface area contributed by atoms with Crippen LogP contribution in [0.1, 0.15) is 40.9 Å². The number of hydrogen-bond donors (Lipinski definition) is 2. The molecule has 0 saturated carbocycles. The molecule has 1 aromatic heterocycles. The quantitative estimate of drug-likeness (QED) is 0.913. The van der Waals surface area contributed by atoms with Gasteiger partial charge in [-0.15, -0.1) is 0 Å². The molecule has 1 amide bonds. The van der Waals surface area contributed by atoms with Gasteiger partial charge in [-0.25, -0.2) is 4.39 Å². The Balaban J connectivity index is 1.80. The zero-order valence-corrected chi connectivity index (χ0v) is 12.5. The highest BCUT2D eigenvalue weighted by atomic mass is 19.1. The summed E-state index contributed by atoms with van der Waals surface area (Å²) in [5, 5.41) is 6.84. The lowest BCUT2D eigenvalue weighted by molar-refractivity contribution is 0.0789. The maximum atomic E-state index is 13.5. The van der Waals surface area contributed by atoms with Gasteiger partial charge in [0.2, 0.25) is 0 Å². The van der Waals surface area contributed by atoms with Gasteiger partial charge in [-0.1, -0.05) is 13.0 Å². The van der Waals surface area contributed by atoms with Crippen LogP contribution in [0.2, 0.25) is 0 Å². The normalized spacial score (nSPS) is 17.9. The number of nitrogens with two attached hydrogens (primary N) is 1. The Morgan fingerprint density at radius 3 is 3.05 bits per heavy atom. The molecule has 6 heteroatoms. The van der Waals surface area contributed by atoms with Crippen LogP contribution in [0.5, 0.6) is 0 Å². The molecule has 0 radical (unpaired) electrons. The van der Waals surface area contributed by atoms with Crippen molar-refractivity contribution in [3.8, 4) is 0 Å². The number of aryl methyl sites for hydroxylation is 1. The summed E-state index contributed by atoms with van der Waals surface area (Å²) in [6.45, 7) is 3.18. The summed E-state index contributed by atoms with van der Waals surface area (Å²) in [5.41, 5.74) is 8.71. The number of halogens is 1. The molecule has 1 fully saturated rings. The molecular weight excluding hydrogens is 283 g/mol. The number of nitrogens with one attached hydrogen (secondary N) is 1. The van der Waals surface area contributed by atoms with E-state index in [4.69, 9.17) is 5.73 Å². The Bertz CT molecular complexity index is 697. The second-order valence-electron chi connectivity index (χ2n) is 5.63. The SMILES string of the molecule is CCc1ccc(F)cc1C(=O)N1CCC(c2[nH]ncc2N)C1. The predicted octanol–water partition coefficient (Wildman–Crippen LogP) is 2.32. The lowest BCUT2D eigenvalue weighted by Crippen LogP contribution is -2.29. The van der Waals surface area contributed by atoms with Crippen LogP contribution >= 0.6 is 0 Å². The van der Waals surface area contributed by atoms with Crippen molar-refractivity contribution in [1.29, 1.82) is 0 Å². The van der Waals surface area contributed by atoms with Gasteiger partial charge in [0.25, 0.3) is 5.91 Å². The van der Waals surface area contributed by atoms with E-state index in [1.54, 1.807) is 17.2 Å². The Morgan fingerprint density at radius 2 is 2.36 bits per heavy atom. The van der Waals surface area contributed by atoms with E-state index in [1.165, 1.54) is 12.1 Å². The van der Waals surface area contributed by atoms with Gasteiger partial charge in [-0.2, -0.15) is 5.10 Å². The number of aromatic amines is 1. The van der Waals surface area contributed by atoms with Crippen molar-refractivity contribution < 1.29 is 9.18 Å². The number of carbonyl (C=O) groups is 1. The maximum Gasteiger partial charge on any atom is 0.254 e. The van der Waals surface area contributed by atoms with E-state index in [9.17, 15) is 9.18 Å². The number of amides is 1. The van der Waals surface area contributed by atoms with E-state index in [-0.39, 0.29) is 17.6 Å². The summed E-state index contributed by atoms with van der Waals surface area (Å²) >= 11 is 0. The van der Waals surface area contributed by atoms with Crippen molar-refractivity contribution in [2.75, 3.05) is 18.8 Å². The first-order valence-electron chi connectivity index (χ1n) is 7.46. The van der Waals surface area contributed by atoms with Crippen molar-refractivity contribution >= 4 is 11.6 Å². The first-order valence-corrected chi connectivity index (χ1v) is 7.46. The summed E-state index contributed by atoms with van der Waals surface area (Å²) in [7, 11) is 0. The average Bonchev–Trinajstić information content (AvgIpc) is 3.15. The Morgan fingerprint density at radius 1 is 1.55 bits per heavy atom.